The summed E-state index contributed by atoms with van der Waals surface area (Å²) in [4.78, 5) is 14.6. The zero-order chi connectivity index (χ0) is 8.43. The molecular formula is C7H10N2O2. The molecule has 60 valence electrons. The summed E-state index contributed by atoms with van der Waals surface area (Å²) < 4.78 is 4.68. The summed E-state index contributed by atoms with van der Waals surface area (Å²) in [5.41, 5.74) is 0. The minimum atomic E-state index is -0.190. The first-order valence-corrected chi connectivity index (χ1v) is 3.46. The molecule has 1 aromatic rings. The Labute approximate surface area is 64.6 Å². The van der Waals surface area contributed by atoms with Gasteiger partial charge in [-0.15, -0.1) is 0 Å². The molecule has 1 rings (SSSR count). The van der Waals surface area contributed by atoms with Gasteiger partial charge in [0.15, 0.2) is 5.82 Å². The van der Waals surface area contributed by atoms with Gasteiger partial charge >= 0.3 is 0 Å². The fourth-order valence-corrected chi connectivity index (χ4v) is 0.612. The van der Waals surface area contributed by atoms with Crippen molar-refractivity contribution in [3.05, 3.63) is 11.7 Å². The van der Waals surface area contributed by atoms with E-state index in [2.05, 4.69) is 14.7 Å². The van der Waals surface area contributed by atoms with Crippen molar-refractivity contribution >= 4 is 5.78 Å². The molecule has 4 nitrogen and oxygen atoms in total. The summed E-state index contributed by atoms with van der Waals surface area (Å²) in [6, 6.07) is 0. The molecule has 0 aliphatic carbocycles. The van der Waals surface area contributed by atoms with Gasteiger partial charge in [0.25, 0.3) is 5.89 Å². The van der Waals surface area contributed by atoms with Gasteiger partial charge in [0.2, 0.25) is 5.78 Å². The van der Waals surface area contributed by atoms with Crippen LogP contribution in [0.3, 0.4) is 0 Å². The molecule has 1 aromatic heterocycles. The van der Waals surface area contributed by atoms with Crippen molar-refractivity contribution in [2.24, 2.45) is 0 Å². The number of hydrogen-bond acceptors (Lipinski definition) is 4. The van der Waals surface area contributed by atoms with Gasteiger partial charge in [-0.25, -0.2) is 0 Å². The number of hydrogen-bond donors (Lipinski definition) is 0. The number of nitrogens with zero attached hydrogens (tertiary/aromatic N) is 2. The van der Waals surface area contributed by atoms with Gasteiger partial charge in [-0.3, -0.25) is 4.79 Å². The number of aromatic nitrogens is 2. The highest BCUT2D eigenvalue weighted by atomic mass is 16.5. The Morgan fingerprint density at radius 3 is 2.45 bits per heavy atom. The molecule has 4 heteroatoms. The molecule has 0 bridgehead atoms. The van der Waals surface area contributed by atoms with Crippen molar-refractivity contribution in [1.29, 1.82) is 0 Å². The highest BCUT2D eigenvalue weighted by molar-refractivity contribution is 5.89. The molecule has 0 aliphatic heterocycles. The second-order valence-electron chi connectivity index (χ2n) is 2.67. The standard InChI is InChI=1S/C7H10N2O2/c1-4(2)6-8-7(5(3)10)11-9-6/h4H,1-3H3. The molecule has 1 heterocycles. The van der Waals surface area contributed by atoms with Crippen LogP contribution >= 0.6 is 0 Å². The molecular weight excluding hydrogens is 144 g/mol. The van der Waals surface area contributed by atoms with Crippen LogP contribution in [0, 0.1) is 0 Å². The minimum Gasteiger partial charge on any atom is -0.331 e. The third kappa shape index (κ3) is 1.63. The number of Topliss-reactive ketones (excluding diaryl/α,β-unsaturated/α-hetero) is 1. The maximum Gasteiger partial charge on any atom is 0.293 e. The molecule has 0 unspecified atom stereocenters. The lowest BCUT2D eigenvalue weighted by Gasteiger charge is -1.91. The topological polar surface area (TPSA) is 56.0 Å². The maximum atomic E-state index is 10.7. The normalized spacial score (nSPS) is 10.5. The lowest BCUT2D eigenvalue weighted by molar-refractivity contribution is 0.0972. The van der Waals surface area contributed by atoms with Gasteiger partial charge in [-0.05, 0) is 0 Å². The molecule has 0 radical (unpaired) electrons. The molecule has 11 heavy (non-hydrogen) atoms. The summed E-state index contributed by atoms with van der Waals surface area (Å²) in [6.07, 6.45) is 0. The van der Waals surface area contributed by atoms with Gasteiger partial charge in [0, 0.05) is 12.8 Å². The number of ketones is 1. The number of rotatable bonds is 2. The smallest absolute Gasteiger partial charge is 0.293 e. The van der Waals surface area contributed by atoms with E-state index in [4.69, 9.17) is 0 Å². The third-order valence-electron chi connectivity index (χ3n) is 1.26. The first-order chi connectivity index (χ1) is 5.11. The van der Waals surface area contributed by atoms with E-state index in [9.17, 15) is 4.79 Å². The van der Waals surface area contributed by atoms with Crippen molar-refractivity contribution in [2.75, 3.05) is 0 Å². The SMILES string of the molecule is CC(=O)c1nc(C(C)C)no1. The maximum absolute atomic E-state index is 10.7. The second-order valence-corrected chi connectivity index (χ2v) is 2.67. The average Bonchev–Trinajstić information content (AvgIpc) is 2.33. The van der Waals surface area contributed by atoms with Crippen molar-refractivity contribution < 1.29 is 9.32 Å². The van der Waals surface area contributed by atoms with Crippen LogP contribution < -0.4 is 0 Å². The van der Waals surface area contributed by atoms with Crippen LogP contribution in [0.25, 0.3) is 0 Å². The van der Waals surface area contributed by atoms with E-state index in [1.807, 2.05) is 13.8 Å². The molecule has 0 aliphatic rings. The van der Waals surface area contributed by atoms with Crippen molar-refractivity contribution in [3.8, 4) is 0 Å². The Bertz CT molecular complexity index is 265. The van der Waals surface area contributed by atoms with Gasteiger partial charge in [-0.2, -0.15) is 4.98 Å². The van der Waals surface area contributed by atoms with Crippen LogP contribution in [0.5, 0.6) is 0 Å². The first-order valence-electron chi connectivity index (χ1n) is 3.46. The zero-order valence-electron chi connectivity index (χ0n) is 6.79. The average molecular weight is 154 g/mol. The van der Waals surface area contributed by atoms with Crippen LogP contribution in [0.15, 0.2) is 4.52 Å². The van der Waals surface area contributed by atoms with E-state index in [1.165, 1.54) is 6.92 Å². The summed E-state index contributed by atoms with van der Waals surface area (Å²) in [6.45, 7) is 5.28. The molecule has 0 amide bonds. The van der Waals surface area contributed by atoms with E-state index >= 15 is 0 Å². The minimum absolute atomic E-state index is 0.0914. The number of carbonyl (C=O) groups is 1. The van der Waals surface area contributed by atoms with E-state index in [0.717, 1.165) is 0 Å². The summed E-state index contributed by atoms with van der Waals surface area (Å²) in [7, 11) is 0. The summed E-state index contributed by atoms with van der Waals surface area (Å²) in [5.74, 6) is 0.681. The van der Waals surface area contributed by atoms with Crippen LogP contribution in [0.4, 0.5) is 0 Å². The predicted octanol–water partition coefficient (Wildman–Crippen LogP) is 1.40. The van der Waals surface area contributed by atoms with Crippen LogP contribution in [0.1, 0.15) is 43.2 Å². The first kappa shape index (κ1) is 7.91. The largest absolute Gasteiger partial charge is 0.331 e. The molecule has 0 aromatic carbocycles. The molecule has 0 saturated heterocycles. The Balaban J connectivity index is 2.90. The quantitative estimate of drug-likeness (QED) is 0.604. The number of carbonyl (C=O) groups excluding carboxylic acids is 1. The molecule has 0 atom stereocenters. The monoisotopic (exact) mass is 154 g/mol. The Hall–Kier alpha value is -1.19. The van der Waals surface area contributed by atoms with Gasteiger partial charge in [0.05, 0.1) is 0 Å². The van der Waals surface area contributed by atoms with Gasteiger partial charge in [-0.1, -0.05) is 19.0 Å². The Morgan fingerprint density at radius 2 is 2.18 bits per heavy atom. The van der Waals surface area contributed by atoms with Gasteiger partial charge in [0.1, 0.15) is 0 Å². The Kier molecular flexibility index (Phi) is 2.03. The second kappa shape index (κ2) is 2.82. The third-order valence-corrected chi connectivity index (χ3v) is 1.26. The highest BCUT2D eigenvalue weighted by Gasteiger charge is 2.11. The highest BCUT2D eigenvalue weighted by Crippen LogP contribution is 2.09. The predicted molar refractivity (Wildman–Crippen MR) is 38.4 cm³/mol. The van der Waals surface area contributed by atoms with E-state index < -0.39 is 0 Å². The lowest BCUT2D eigenvalue weighted by Crippen LogP contribution is -1.94. The Morgan fingerprint density at radius 1 is 1.55 bits per heavy atom. The van der Waals surface area contributed by atoms with Crippen molar-refractivity contribution in [1.82, 2.24) is 10.1 Å². The van der Waals surface area contributed by atoms with Gasteiger partial charge < -0.3 is 4.52 Å². The fourth-order valence-electron chi connectivity index (χ4n) is 0.612. The van der Waals surface area contributed by atoms with E-state index in [0.29, 0.717) is 5.82 Å². The van der Waals surface area contributed by atoms with E-state index in [-0.39, 0.29) is 17.6 Å². The van der Waals surface area contributed by atoms with Crippen molar-refractivity contribution in [2.45, 2.75) is 26.7 Å². The molecule has 0 fully saturated rings. The van der Waals surface area contributed by atoms with Crippen LogP contribution in [-0.4, -0.2) is 15.9 Å². The van der Waals surface area contributed by atoms with Crippen LogP contribution in [-0.2, 0) is 0 Å². The zero-order valence-corrected chi connectivity index (χ0v) is 6.79. The molecule has 0 spiro atoms. The van der Waals surface area contributed by atoms with Crippen molar-refractivity contribution in [3.63, 3.8) is 0 Å². The summed E-state index contributed by atoms with van der Waals surface area (Å²) >= 11 is 0. The summed E-state index contributed by atoms with van der Waals surface area (Å²) in [5, 5.41) is 3.63. The van der Waals surface area contributed by atoms with E-state index in [1.54, 1.807) is 0 Å². The lowest BCUT2D eigenvalue weighted by atomic mass is 10.2. The molecule has 0 saturated carbocycles. The molecule has 0 N–H and O–H groups in total. The fraction of sp³-hybridized carbons (Fsp3) is 0.571. The van der Waals surface area contributed by atoms with Crippen LogP contribution in [0.2, 0.25) is 0 Å².